The normalized spacial score (nSPS) is 12.2. The van der Waals surface area contributed by atoms with Crippen molar-refractivity contribution in [2.45, 2.75) is 26.2 Å². The first-order valence-electron chi connectivity index (χ1n) is 6.37. The van der Waals surface area contributed by atoms with E-state index in [1.54, 1.807) is 16.8 Å². The monoisotopic (exact) mass is 273 g/mol. The zero-order valence-corrected chi connectivity index (χ0v) is 11.6. The van der Waals surface area contributed by atoms with Gasteiger partial charge in [-0.15, -0.1) is 0 Å². The van der Waals surface area contributed by atoms with Crippen LogP contribution in [0.25, 0.3) is 16.7 Å². The Bertz CT molecular complexity index is 779. The molecule has 0 aliphatic rings. The number of rotatable bonds is 1. The molecule has 0 unspecified atom stereocenters. The summed E-state index contributed by atoms with van der Waals surface area (Å²) in [5.41, 5.74) is 7.83. The highest BCUT2D eigenvalue weighted by Gasteiger charge is 2.26. The summed E-state index contributed by atoms with van der Waals surface area (Å²) in [6.07, 6.45) is 0. The van der Waals surface area contributed by atoms with E-state index in [4.69, 9.17) is 5.73 Å². The van der Waals surface area contributed by atoms with Gasteiger partial charge in [0.2, 0.25) is 0 Å². The molecule has 0 radical (unpaired) electrons. The number of aromatic amines is 1. The van der Waals surface area contributed by atoms with Gasteiger partial charge in [0.1, 0.15) is 11.6 Å². The number of nitrogens with two attached hydrogens (primary N) is 1. The largest absolute Gasteiger partial charge is 0.383 e. The summed E-state index contributed by atoms with van der Waals surface area (Å²) in [7, 11) is 0. The van der Waals surface area contributed by atoms with Crippen LogP contribution in [0.15, 0.2) is 24.3 Å². The number of nitrogen functional groups attached to an aromatic ring is 1. The van der Waals surface area contributed by atoms with E-state index < -0.39 is 0 Å². The molecule has 5 nitrogen and oxygen atoms in total. The van der Waals surface area contributed by atoms with Crippen LogP contribution in [0.3, 0.4) is 0 Å². The van der Waals surface area contributed by atoms with Gasteiger partial charge in [0.15, 0.2) is 5.65 Å². The van der Waals surface area contributed by atoms with Crippen molar-refractivity contribution in [2.75, 3.05) is 5.73 Å². The van der Waals surface area contributed by atoms with E-state index >= 15 is 0 Å². The Labute approximate surface area is 115 Å². The maximum Gasteiger partial charge on any atom is 0.186 e. The van der Waals surface area contributed by atoms with Gasteiger partial charge >= 0.3 is 0 Å². The summed E-state index contributed by atoms with van der Waals surface area (Å²) >= 11 is 0. The molecule has 104 valence electrons. The molecule has 0 saturated heterocycles. The summed E-state index contributed by atoms with van der Waals surface area (Å²) in [6.45, 7) is 6.16. The number of H-pyrrole nitrogens is 1. The van der Waals surface area contributed by atoms with Gasteiger partial charge in [0.25, 0.3) is 0 Å². The van der Waals surface area contributed by atoms with Crippen molar-refractivity contribution in [2.24, 2.45) is 0 Å². The minimum Gasteiger partial charge on any atom is -0.383 e. The number of benzene rings is 1. The molecule has 0 saturated carbocycles. The fraction of sp³-hybridized carbons (Fsp3) is 0.286. The minimum atomic E-state index is -0.313. The lowest BCUT2D eigenvalue weighted by molar-refractivity contribution is 0.564. The van der Waals surface area contributed by atoms with Gasteiger partial charge in [0.05, 0.1) is 16.8 Å². The van der Waals surface area contributed by atoms with Crippen molar-refractivity contribution in [3.63, 3.8) is 0 Å². The second-order valence-corrected chi connectivity index (χ2v) is 5.83. The molecule has 0 amide bonds. The SMILES string of the molecule is CC(C)(C)c1nn(-c2cccc(F)c2)c2n[nH]c(N)c12. The van der Waals surface area contributed by atoms with Gasteiger partial charge in [-0.2, -0.15) is 10.2 Å². The predicted molar refractivity (Wildman–Crippen MR) is 76.3 cm³/mol. The smallest absolute Gasteiger partial charge is 0.186 e. The molecular formula is C14H16FN5. The third-order valence-electron chi connectivity index (χ3n) is 3.18. The van der Waals surface area contributed by atoms with Crippen LogP contribution in [-0.2, 0) is 5.41 Å². The maximum atomic E-state index is 13.4. The zero-order valence-electron chi connectivity index (χ0n) is 11.6. The molecule has 0 spiro atoms. The Balaban J connectivity index is 2.33. The van der Waals surface area contributed by atoms with Crippen molar-refractivity contribution in [1.29, 1.82) is 0 Å². The summed E-state index contributed by atoms with van der Waals surface area (Å²) < 4.78 is 15.0. The second kappa shape index (κ2) is 4.06. The van der Waals surface area contributed by atoms with Crippen molar-refractivity contribution in [1.82, 2.24) is 20.0 Å². The summed E-state index contributed by atoms with van der Waals surface area (Å²) in [5.74, 6) is 0.166. The van der Waals surface area contributed by atoms with E-state index in [1.807, 2.05) is 0 Å². The van der Waals surface area contributed by atoms with Crippen molar-refractivity contribution in [3.05, 3.63) is 35.8 Å². The summed E-state index contributed by atoms with van der Waals surface area (Å²) in [5, 5.41) is 12.3. The molecule has 0 fully saturated rings. The maximum absolute atomic E-state index is 13.4. The molecular weight excluding hydrogens is 257 g/mol. The van der Waals surface area contributed by atoms with Gasteiger partial charge in [-0.05, 0) is 18.2 Å². The van der Waals surface area contributed by atoms with Crippen LogP contribution >= 0.6 is 0 Å². The van der Waals surface area contributed by atoms with Crippen LogP contribution in [0.5, 0.6) is 0 Å². The number of nitrogens with zero attached hydrogens (tertiary/aromatic N) is 3. The molecule has 20 heavy (non-hydrogen) atoms. The van der Waals surface area contributed by atoms with Gasteiger partial charge in [-0.3, -0.25) is 5.10 Å². The topological polar surface area (TPSA) is 72.5 Å². The van der Waals surface area contributed by atoms with E-state index in [9.17, 15) is 4.39 Å². The van der Waals surface area contributed by atoms with Crippen LogP contribution in [-0.4, -0.2) is 20.0 Å². The molecule has 6 heteroatoms. The molecule has 1 aromatic carbocycles. The highest BCUT2D eigenvalue weighted by Crippen LogP contribution is 2.32. The molecule has 3 N–H and O–H groups in total. The molecule has 0 aliphatic carbocycles. The fourth-order valence-electron chi connectivity index (χ4n) is 2.24. The number of aromatic nitrogens is 4. The summed E-state index contributed by atoms with van der Waals surface area (Å²) in [4.78, 5) is 0. The minimum absolute atomic E-state index is 0.186. The third-order valence-corrected chi connectivity index (χ3v) is 3.18. The van der Waals surface area contributed by atoms with Gasteiger partial charge in [0, 0.05) is 5.41 Å². The molecule has 2 heterocycles. The highest BCUT2D eigenvalue weighted by molar-refractivity contribution is 5.90. The Morgan fingerprint density at radius 1 is 1.30 bits per heavy atom. The Kier molecular flexibility index (Phi) is 2.57. The Hall–Kier alpha value is -2.37. The number of hydrogen-bond donors (Lipinski definition) is 2. The van der Waals surface area contributed by atoms with Crippen LogP contribution in [0.4, 0.5) is 10.2 Å². The molecule has 0 atom stereocenters. The van der Waals surface area contributed by atoms with Gasteiger partial charge in [-0.25, -0.2) is 9.07 Å². The van der Waals surface area contributed by atoms with Crippen LogP contribution in [0.1, 0.15) is 26.5 Å². The van der Waals surface area contributed by atoms with E-state index in [1.165, 1.54) is 12.1 Å². The molecule has 3 rings (SSSR count). The van der Waals surface area contributed by atoms with Crippen LogP contribution in [0.2, 0.25) is 0 Å². The molecule has 3 aromatic rings. The van der Waals surface area contributed by atoms with Gasteiger partial charge < -0.3 is 5.73 Å². The zero-order chi connectivity index (χ0) is 14.5. The predicted octanol–water partition coefficient (Wildman–Crippen LogP) is 2.77. The standard InChI is InChI=1S/C14H16FN5/c1-14(2,3)11-10-12(16)17-18-13(10)20(19-11)9-6-4-5-8(15)7-9/h4-7H,1-3H3,(H3,16,17,18). The van der Waals surface area contributed by atoms with E-state index in [0.29, 0.717) is 17.2 Å². The first-order valence-corrected chi connectivity index (χ1v) is 6.37. The van der Waals surface area contributed by atoms with E-state index in [2.05, 4.69) is 36.1 Å². The number of fused-ring (bicyclic) bond motifs is 1. The third kappa shape index (κ3) is 1.84. The molecule has 2 aromatic heterocycles. The number of halogens is 1. The Morgan fingerprint density at radius 3 is 2.70 bits per heavy atom. The number of hydrogen-bond acceptors (Lipinski definition) is 3. The molecule has 0 bridgehead atoms. The lowest BCUT2D eigenvalue weighted by Gasteiger charge is -2.15. The van der Waals surface area contributed by atoms with Crippen molar-refractivity contribution < 1.29 is 4.39 Å². The first kappa shape index (κ1) is 12.7. The second-order valence-electron chi connectivity index (χ2n) is 5.83. The van der Waals surface area contributed by atoms with Crippen LogP contribution < -0.4 is 5.73 Å². The van der Waals surface area contributed by atoms with Crippen LogP contribution in [0, 0.1) is 5.82 Å². The van der Waals surface area contributed by atoms with Gasteiger partial charge in [-0.1, -0.05) is 26.8 Å². The fourth-order valence-corrected chi connectivity index (χ4v) is 2.24. The average molecular weight is 273 g/mol. The van der Waals surface area contributed by atoms with E-state index in [-0.39, 0.29) is 11.2 Å². The Morgan fingerprint density at radius 2 is 2.05 bits per heavy atom. The quantitative estimate of drug-likeness (QED) is 0.716. The highest BCUT2D eigenvalue weighted by atomic mass is 19.1. The summed E-state index contributed by atoms with van der Waals surface area (Å²) in [6, 6.07) is 6.25. The van der Waals surface area contributed by atoms with Crippen molar-refractivity contribution in [3.8, 4) is 5.69 Å². The average Bonchev–Trinajstić information content (AvgIpc) is 2.90. The number of nitrogens with one attached hydrogen (secondary N) is 1. The van der Waals surface area contributed by atoms with Crippen molar-refractivity contribution >= 4 is 16.9 Å². The molecule has 0 aliphatic heterocycles. The lowest BCUT2D eigenvalue weighted by Crippen LogP contribution is -2.13. The first-order chi connectivity index (χ1) is 9.38. The van der Waals surface area contributed by atoms with E-state index in [0.717, 1.165) is 11.1 Å². The number of anilines is 1. The lowest BCUT2D eigenvalue weighted by atomic mass is 9.91.